The zero-order valence-electron chi connectivity index (χ0n) is 13.5. The minimum atomic E-state index is 0.385. The van der Waals surface area contributed by atoms with Crippen molar-refractivity contribution in [1.29, 1.82) is 0 Å². The predicted octanol–water partition coefficient (Wildman–Crippen LogP) is 2.89. The highest BCUT2D eigenvalue weighted by Gasteiger charge is 2.24. The third kappa shape index (κ3) is 6.24. The van der Waals surface area contributed by atoms with Crippen LogP contribution < -0.4 is 5.73 Å². The van der Waals surface area contributed by atoms with Crippen molar-refractivity contribution in [1.82, 2.24) is 4.90 Å². The molecule has 0 radical (unpaired) electrons. The Labute approximate surface area is 119 Å². The zero-order valence-corrected chi connectivity index (χ0v) is 13.5. The Morgan fingerprint density at radius 2 is 2.05 bits per heavy atom. The molecule has 0 saturated carbocycles. The number of morpholine rings is 1. The molecule has 3 heteroatoms. The normalized spacial score (nSPS) is 23.5. The van der Waals surface area contributed by atoms with Crippen LogP contribution in [-0.4, -0.2) is 43.8 Å². The summed E-state index contributed by atoms with van der Waals surface area (Å²) < 4.78 is 5.72. The summed E-state index contributed by atoms with van der Waals surface area (Å²) in [6.45, 7) is 14.4. The van der Waals surface area contributed by atoms with E-state index >= 15 is 0 Å². The number of nitrogens with zero attached hydrogens (tertiary/aromatic N) is 1. The van der Waals surface area contributed by atoms with Gasteiger partial charge in [0.1, 0.15) is 0 Å². The summed E-state index contributed by atoms with van der Waals surface area (Å²) in [7, 11) is 0. The maximum atomic E-state index is 5.75. The molecule has 114 valence electrons. The van der Waals surface area contributed by atoms with Crippen molar-refractivity contribution in [3.63, 3.8) is 0 Å². The van der Waals surface area contributed by atoms with E-state index in [1.54, 1.807) is 0 Å². The van der Waals surface area contributed by atoms with Gasteiger partial charge in [0, 0.05) is 13.1 Å². The van der Waals surface area contributed by atoms with E-state index in [2.05, 4.69) is 32.6 Å². The quantitative estimate of drug-likeness (QED) is 0.773. The molecular formula is C16H34N2O. The van der Waals surface area contributed by atoms with Gasteiger partial charge in [-0.25, -0.2) is 0 Å². The molecular weight excluding hydrogens is 236 g/mol. The molecule has 2 atom stereocenters. The summed E-state index contributed by atoms with van der Waals surface area (Å²) in [5, 5.41) is 0. The van der Waals surface area contributed by atoms with Crippen LogP contribution >= 0.6 is 0 Å². The Balaban J connectivity index is 2.27. The summed E-state index contributed by atoms with van der Waals surface area (Å²) in [6, 6.07) is 0. The first kappa shape index (κ1) is 16.9. The highest BCUT2D eigenvalue weighted by atomic mass is 16.5. The Morgan fingerprint density at radius 1 is 1.32 bits per heavy atom. The minimum absolute atomic E-state index is 0.385. The van der Waals surface area contributed by atoms with Gasteiger partial charge in [0.15, 0.2) is 0 Å². The van der Waals surface area contributed by atoms with Crippen molar-refractivity contribution in [2.24, 2.45) is 17.1 Å². The average Bonchev–Trinajstić information content (AvgIpc) is 2.37. The fourth-order valence-corrected chi connectivity index (χ4v) is 3.00. The molecule has 1 aliphatic rings. The number of hydrogen-bond acceptors (Lipinski definition) is 3. The maximum absolute atomic E-state index is 5.75. The van der Waals surface area contributed by atoms with Crippen molar-refractivity contribution in [3.05, 3.63) is 0 Å². The first-order valence-electron chi connectivity index (χ1n) is 8.01. The number of ether oxygens (including phenoxy) is 1. The SMILES string of the molecule is CCC1CN(CCCC(CCN)C(C)(C)C)CCO1. The van der Waals surface area contributed by atoms with Gasteiger partial charge in [-0.2, -0.15) is 0 Å². The number of rotatable bonds is 7. The summed E-state index contributed by atoms with van der Waals surface area (Å²) in [5.74, 6) is 0.750. The van der Waals surface area contributed by atoms with Gasteiger partial charge in [-0.3, -0.25) is 4.90 Å². The average molecular weight is 270 g/mol. The molecule has 0 spiro atoms. The van der Waals surface area contributed by atoms with E-state index in [1.165, 1.54) is 19.4 Å². The molecule has 1 saturated heterocycles. The van der Waals surface area contributed by atoms with Gasteiger partial charge in [-0.15, -0.1) is 0 Å². The lowest BCUT2D eigenvalue weighted by Crippen LogP contribution is -2.42. The third-order valence-corrected chi connectivity index (χ3v) is 4.45. The topological polar surface area (TPSA) is 38.5 Å². The smallest absolute Gasteiger partial charge is 0.0700 e. The lowest BCUT2D eigenvalue weighted by atomic mass is 9.76. The van der Waals surface area contributed by atoms with E-state index in [9.17, 15) is 0 Å². The second-order valence-corrected chi connectivity index (χ2v) is 6.98. The van der Waals surface area contributed by atoms with Crippen molar-refractivity contribution < 1.29 is 4.74 Å². The largest absolute Gasteiger partial charge is 0.376 e. The molecule has 2 unspecified atom stereocenters. The molecule has 1 heterocycles. The molecule has 0 aromatic rings. The monoisotopic (exact) mass is 270 g/mol. The summed E-state index contributed by atoms with van der Waals surface area (Å²) >= 11 is 0. The Hall–Kier alpha value is -0.120. The van der Waals surface area contributed by atoms with Crippen molar-refractivity contribution in [2.75, 3.05) is 32.8 Å². The van der Waals surface area contributed by atoms with Crippen molar-refractivity contribution >= 4 is 0 Å². The van der Waals surface area contributed by atoms with Crippen LogP contribution in [0.5, 0.6) is 0 Å². The predicted molar refractivity (Wildman–Crippen MR) is 82.3 cm³/mol. The van der Waals surface area contributed by atoms with Gasteiger partial charge >= 0.3 is 0 Å². The zero-order chi connectivity index (χ0) is 14.3. The van der Waals surface area contributed by atoms with Gasteiger partial charge in [-0.05, 0) is 50.1 Å². The minimum Gasteiger partial charge on any atom is -0.376 e. The number of nitrogens with two attached hydrogens (primary N) is 1. The van der Waals surface area contributed by atoms with E-state index < -0.39 is 0 Å². The molecule has 0 aromatic heterocycles. The van der Waals surface area contributed by atoms with Gasteiger partial charge in [0.05, 0.1) is 12.7 Å². The van der Waals surface area contributed by atoms with Gasteiger partial charge in [-0.1, -0.05) is 27.7 Å². The van der Waals surface area contributed by atoms with Crippen molar-refractivity contribution in [3.8, 4) is 0 Å². The van der Waals surface area contributed by atoms with Gasteiger partial charge in [0.2, 0.25) is 0 Å². The lowest BCUT2D eigenvalue weighted by Gasteiger charge is -2.34. The van der Waals surface area contributed by atoms with Crippen LogP contribution in [0.4, 0.5) is 0 Å². The molecule has 3 nitrogen and oxygen atoms in total. The van der Waals surface area contributed by atoms with Crippen LogP contribution in [-0.2, 0) is 4.74 Å². The molecule has 1 fully saturated rings. The highest BCUT2D eigenvalue weighted by molar-refractivity contribution is 4.76. The van der Waals surface area contributed by atoms with Crippen LogP contribution in [0.15, 0.2) is 0 Å². The molecule has 1 rings (SSSR count). The van der Waals surface area contributed by atoms with E-state index in [-0.39, 0.29) is 0 Å². The summed E-state index contributed by atoms with van der Waals surface area (Å²) in [5.41, 5.74) is 6.14. The molecule has 2 N–H and O–H groups in total. The van der Waals surface area contributed by atoms with Gasteiger partial charge < -0.3 is 10.5 Å². The molecule has 0 aliphatic carbocycles. The van der Waals surface area contributed by atoms with Gasteiger partial charge in [0.25, 0.3) is 0 Å². The first-order valence-corrected chi connectivity index (χ1v) is 8.01. The second kappa shape index (κ2) is 8.23. The first-order chi connectivity index (χ1) is 8.97. The summed E-state index contributed by atoms with van der Waals surface area (Å²) in [6.07, 6.45) is 5.34. The fraction of sp³-hybridized carbons (Fsp3) is 1.00. The Morgan fingerprint density at radius 3 is 2.63 bits per heavy atom. The van der Waals surface area contributed by atoms with Crippen LogP contribution in [0.3, 0.4) is 0 Å². The van der Waals surface area contributed by atoms with Crippen molar-refractivity contribution in [2.45, 2.75) is 59.5 Å². The highest BCUT2D eigenvalue weighted by Crippen LogP contribution is 2.32. The van der Waals surface area contributed by atoms with E-state index in [4.69, 9.17) is 10.5 Å². The maximum Gasteiger partial charge on any atom is 0.0700 e. The van der Waals surface area contributed by atoms with Crippen LogP contribution in [0.2, 0.25) is 0 Å². The molecule has 0 aromatic carbocycles. The van der Waals surface area contributed by atoms with E-state index in [0.29, 0.717) is 11.5 Å². The van der Waals surface area contributed by atoms with Crippen LogP contribution in [0.25, 0.3) is 0 Å². The molecule has 0 bridgehead atoms. The van der Waals surface area contributed by atoms with E-state index in [1.807, 2.05) is 0 Å². The van der Waals surface area contributed by atoms with Crippen LogP contribution in [0, 0.1) is 11.3 Å². The Bertz CT molecular complexity index is 237. The summed E-state index contributed by atoms with van der Waals surface area (Å²) in [4.78, 5) is 2.57. The molecule has 19 heavy (non-hydrogen) atoms. The third-order valence-electron chi connectivity index (χ3n) is 4.45. The van der Waals surface area contributed by atoms with E-state index in [0.717, 1.165) is 45.0 Å². The molecule has 0 amide bonds. The molecule has 1 aliphatic heterocycles. The number of hydrogen-bond donors (Lipinski definition) is 1. The second-order valence-electron chi connectivity index (χ2n) is 6.98. The fourth-order valence-electron chi connectivity index (χ4n) is 3.00. The van der Waals surface area contributed by atoms with Crippen LogP contribution in [0.1, 0.15) is 53.4 Å². The standard InChI is InChI=1S/C16H34N2O/c1-5-15-13-18(11-12-19-15)10-6-7-14(8-9-17)16(2,3)4/h14-15H,5-13,17H2,1-4H3. The Kier molecular flexibility index (Phi) is 7.33. The lowest BCUT2D eigenvalue weighted by molar-refractivity contribution is -0.0305.